The molecule has 2 atom stereocenters. The van der Waals surface area contributed by atoms with Gasteiger partial charge in [-0.3, -0.25) is 0 Å². The van der Waals surface area contributed by atoms with Gasteiger partial charge in [0.25, 0.3) is 0 Å². The summed E-state index contributed by atoms with van der Waals surface area (Å²) in [5.41, 5.74) is 10.6. The molecule has 2 heterocycles. The second-order valence-electron chi connectivity index (χ2n) is 6.73. The van der Waals surface area contributed by atoms with E-state index in [0.717, 1.165) is 17.8 Å². The molecule has 1 fully saturated rings. The Hall–Kier alpha value is -2.45. The fourth-order valence-electron chi connectivity index (χ4n) is 3.55. The van der Waals surface area contributed by atoms with Crippen molar-refractivity contribution in [1.82, 2.24) is 15.0 Å². The molecule has 2 aromatic rings. The molecule has 0 amide bonds. The number of methoxy groups -OCH3 is 1. The number of benzene rings is 1. The maximum atomic E-state index is 6.02. The summed E-state index contributed by atoms with van der Waals surface area (Å²) in [5.74, 6) is 0.372. The predicted octanol–water partition coefficient (Wildman–Crippen LogP) is 1.28. The Morgan fingerprint density at radius 3 is 3.15 bits per heavy atom. The lowest BCUT2D eigenvalue weighted by molar-refractivity contribution is 0.0661. The molecule has 138 valence electrons. The lowest BCUT2D eigenvalue weighted by Crippen LogP contribution is -2.24. The molecule has 26 heavy (non-hydrogen) atoms. The van der Waals surface area contributed by atoms with Crippen molar-refractivity contribution in [2.75, 3.05) is 25.6 Å². The number of nitrogens with two attached hydrogens (primary N) is 1. The minimum Gasteiger partial charge on any atom is -0.377 e. The van der Waals surface area contributed by atoms with E-state index in [4.69, 9.17) is 15.2 Å². The normalized spacial score (nSPS) is 22.6. The summed E-state index contributed by atoms with van der Waals surface area (Å²) in [6, 6.07) is 6.42. The number of anilines is 1. The number of aryl methyl sites for hydroxylation is 2. The fraction of sp³-hybridized carbons (Fsp3) is 0.500. The molecule has 2 aliphatic rings. The average molecular weight is 356 g/mol. The van der Waals surface area contributed by atoms with Gasteiger partial charge in [-0.25, -0.2) is 9.67 Å². The highest BCUT2D eigenvalue weighted by molar-refractivity contribution is 5.92. The van der Waals surface area contributed by atoms with Crippen LogP contribution in [0, 0.1) is 0 Å². The van der Waals surface area contributed by atoms with Crippen molar-refractivity contribution in [3.8, 4) is 0 Å². The van der Waals surface area contributed by atoms with E-state index >= 15 is 0 Å². The molecule has 1 aromatic heterocycles. The highest BCUT2D eigenvalue weighted by Crippen LogP contribution is 2.25. The lowest BCUT2D eigenvalue weighted by Gasteiger charge is -2.15. The van der Waals surface area contributed by atoms with E-state index in [1.807, 2.05) is 12.3 Å². The number of fused-ring (bicyclic) bond motifs is 1. The topological polar surface area (TPSA) is 99.6 Å². The van der Waals surface area contributed by atoms with Crippen molar-refractivity contribution in [1.29, 1.82) is 0 Å². The average Bonchev–Trinajstić information content (AvgIpc) is 3.38. The van der Waals surface area contributed by atoms with E-state index < -0.39 is 0 Å². The van der Waals surface area contributed by atoms with Gasteiger partial charge in [0.1, 0.15) is 17.8 Å². The van der Waals surface area contributed by atoms with Crippen LogP contribution in [-0.2, 0) is 28.9 Å². The number of rotatable bonds is 5. The second-order valence-corrected chi connectivity index (χ2v) is 6.73. The summed E-state index contributed by atoms with van der Waals surface area (Å²) in [4.78, 5) is 4.37. The number of hydrogen-bond donors (Lipinski definition) is 2. The molecule has 0 unspecified atom stereocenters. The van der Waals surface area contributed by atoms with Crippen LogP contribution in [0.1, 0.15) is 29.3 Å². The van der Waals surface area contributed by atoms with E-state index in [1.165, 1.54) is 24.0 Å². The third-order valence-corrected chi connectivity index (χ3v) is 4.98. The lowest BCUT2D eigenvalue weighted by atomic mass is 10.1. The van der Waals surface area contributed by atoms with E-state index in [1.54, 1.807) is 11.8 Å². The van der Waals surface area contributed by atoms with Gasteiger partial charge in [-0.1, -0.05) is 11.3 Å². The summed E-state index contributed by atoms with van der Waals surface area (Å²) in [7, 11) is 1.68. The molecular formula is C18H24N6O2. The van der Waals surface area contributed by atoms with Gasteiger partial charge in [-0.2, -0.15) is 0 Å². The Morgan fingerprint density at radius 2 is 2.27 bits per heavy atom. The van der Waals surface area contributed by atoms with Crippen LogP contribution in [0.15, 0.2) is 29.4 Å². The molecule has 0 bridgehead atoms. The monoisotopic (exact) mass is 356 g/mol. The molecule has 8 heteroatoms. The van der Waals surface area contributed by atoms with Crippen LogP contribution in [0.25, 0.3) is 0 Å². The minimum atomic E-state index is -0.000374. The molecular weight excluding hydrogens is 332 g/mol. The van der Waals surface area contributed by atoms with Crippen molar-refractivity contribution in [3.05, 3.63) is 41.2 Å². The van der Waals surface area contributed by atoms with Crippen LogP contribution < -0.4 is 11.1 Å². The van der Waals surface area contributed by atoms with Gasteiger partial charge in [0.15, 0.2) is 5.96 Å². The number of nitrogens with one attached hydrogen (secondary N) is 1. The molecule has 3 N–H and O–H groups in total. The molecule has 1 aliphatic heterocycles. The van der Waals surface area contributed by atoms with Gasteiger partial charge in [0.05, 0.1) is 26.0 Å². The van der Waals surface area contributed by atoms with Gasteiger partial charge < -0.3 is 20.5 Å². The first-order valence-corrected chi connectivity index (χ1v) is 8.93. The minimum absolute atomic E-state index is 0.000374. The second kappa shape index (κ2) is 7.43. The quantitative estimate of drug-likeness (QED) is 0.618. The Bertz CT molecular complexity index is 803. The first kappa shape index (κ1) is 17.0. The summed E-state index contributed by atoms with van der Waals surface area (Å²) in [6.07, 6.45) is 5.41. The Balaban J connectivity index is 1.37. The number of guanidine groups is 1. The summed E-state index contributed by atoms with van der Waals surface area (Å²) >= 11 is 0. The Kier molecular flexibility index (Phi) is 4.85. The number of aromatic nitrogens is 3. The van der Waals surface area contributed by atoms with Gasteiger partial charge in [0, 0.05) is 12.8 Å². The number of ether oxygens (including phenoxy) is 2. The maximum absolute atomic E-state index is 6.02. The van der Waals surface area contributed by atoms with E-state index in [0.29, 0.717) is 25.7 Å². The van der Waals surface area contributed by atoms with Crippen LogP contribution in [0.3, 0.4) is 0 Å². The maximum Gasteiger partial charge on any atom is 0.193 e. The molecule has 0 saturated carbocycles. The summed E-state index contributed by atoms with van der Waals surface area (Å²) in [5, 5.41) is 11.5. The number of hydrogen-bond acceptors (Lipinski definition) is 5. The standard InChI is InChI=1S/C18H24N6O2/c1-25-17-11-26-10-16(17)24-9-15(22-23-24)8-20-18(19)21-14-6-5-12-3-2-4-13(12)7-14/h5-7,9,16-17H,2-4,8,10-11H2,1H3,(H3,19,20,21)/t16-,17-/m1/s1. The van der Waals surface area contributed by atoms with Crippen LogP contribution in [0.2, 0.25) is 0 Å². The van der Waals surface area contributed by atoms with E-state index in [-0.39, 0.29) is 12.1 Å². The van der Waals surface area contributed by atoms with Crippen molar-refractivity contribution in [3.63, 3.8) is 0 Å². The zero-order chi connectivity index (χ0) is 17.9. The zero-order valence-electron chi connectivity index (χ0n) is 14.9. The molecule has 1 aromatic carbocycles. The van der Waals surface area contributed by atoms with Crippen molar-refractivity contribution < 1.29 is 9.47 Å². The first-order valence-electron chi connectivity index (χ1n) is 8.93. The number of nitrogens with zero attached hydrogens (tertiary/aromatic N) is 4. The van der Waals surface area contributed by atoms with E-state index in [2.05, 4.69) is 32.8 Å². The van der Waals surface area contributed by atoms with Gasteiger partial charge >= 0.3 is 0 Å². The molecule has 4 rings (SSSR count). The molecule has 8 nitrogen and oxygen atoms in total. The summed E-state index contributed by atoms with van der Waals surface area (Å²) < 4.78 is 12.6. The fourth-order valence-corrected chi connectivity index (χ4v) is 3.55. The van der Waals surface area contributed by atoms with Crippen LogP contribution in [0.5, 0.6) is 0 Å². The SMILES string of the molecule is CO[C@@H]1COC[C@H]1n1cc(CN=C(N)Nc2ccc3c(c2)CCC3)nn1. The zero-order valence-corrected chi connectivity index (χ0v) is 14.9. The third-order valence-electron chi connectivity index (χ3n) is 4.98. The van der Waals surface area contributed by atoms with Crippen LogP contribution in [0.4, 0.5) is 5.69 Å². The predicted molar refractivity (Wildman–Crippen MR) is 98.1 cm³/mol. The van der Waals surface area contributed by atoms with Crippen molar-refractivity contribution in [2.45, 2.75) is 38.0 Å². The van der Waals surface area contributed by atoms with E-state index in [9.17, 15) is 0 Å². The third kappa shape index (κ3) is 3.56. The Morgan fingerprint density at radius 1 is 1.38 bits per heavy atom. The molecule has 0 radical (unpaired) electrons. The first-order chi connectivity index (χ1) is 12.7. The number of aliphatic imine (C=N–C) groups is 1. The van der Waals surface area contributed by atoms with Crippen molar-refractivity contribution in [2.24, 2.45) is 10.7 Å². The highest BCUT2D eigenvalue weighted by Gasteiger charge is 2.30. The van der Waals surface area contributed by atoms with Gasteiger partial charge in [-0.15, -0.1) is 5.10 Å². The highest BCUT2D eigenvalue weighted by atomic mass is 16.5. The van der Waals surface area contributed by atoms with Gasteiger partial charge in [0.2, 0.25) is 0 Å². The van der Waals surface area contributed by atoms with Gasteiger partial charge in [-0.05, 0) is 42.5 Å². The smallest absolute Gasteiger partial charge is 0.193 e. The molecule has 1 saturated heterocycles. The van der Waals surface area contributed by atoms with Crippen LogP contribution >= 0.6 is 0 Å². The summed E-state index contributed by atoms with van der Waals surface area (Å²) in [6.45, 7) is 1.52. The Labute approximate surface area is 152 Å². The molecule has 0 spiro atoms. The largest absolute Gasteiger partial charge is 0.377 e. The van der Waals surface area contributed by atoms with Crippen molar-refractivity contribution >= 4 is 11.6 Å². The molecule has 1 aliphatic carbocycles. The van der Waals surface area contributed by atoms with Crippen LogP contribution in [-0.4, -0.2) is 47.4 Å².